The molecule has 4 rings (SSSR count). The molecule has 2 bridgehead atoms. The van der Waals surface area contributed by atoms with E-state index in [1.165, 1.54) is 18.0 Å². The summed E-state index contributed by atoms with van der Waals surface area (Å²) in [4.78, 5) is 15.4. The Kier molecular flexibility index (Phi) is 6.72. The lowest BCUT2D eigenvalue weighted by atomic mass is 9.95. The number of ether oxygens (including phenoxy) is 1. The molecule has 0 spiro atoms. The number of amides is 2. The summed E-state index contributed by atoms with van der Waals surface area (Å²) in [6.07, 6.45) is -2.26. The lowest BCUT2D eigenvalue weighted by Gasteiger charge is -2.31. The van der Waals surface area contributed by atoms with Crippen molar-refractivity contribution in [1.29, 1.82) is 0 Å². The maximum atomic E-state index is 15.6. The summed E-state index contributed by atoms with van der Waals surface area (Å²) in [5.41, 5.74) is 0.752. The second-order valence-corrected chi connectivity index (χ2v) is 9.90. The van der Waals surface area contributed by atoms with Gasteiger partial charge in [-0.3, -0.25) is 0 Å². The number of benzene rings is 2. The first-order chi connectivity index (χ1) is 16.1. The number of hydrogen-bond acceptors (Lipinski definition) is 4. The van der Waals surface area contributed by atoms with Gasteiger partial charge in [0.1, 0.15) is 24.3 Å². The first kappa shape index (κ1) is 24.3. The number of urea groups is 1. The Balaban J connectivity index is 1.81. The van der Waals surface area contributed by atoms with Crippen LogP contribution < -0.4 is 9.46 Å². The Hall–Kier alpha value is -2.86. The van der Waals surface area contributed by atoms with Gasteiger partial charge in [-0.15, -0.1) is 0 Å². The quantitative estimate of drug-likeness (QED) is 0.656. The number of alkyl halides is 3. The van der Waals surface area contributed by atoms with Crippen LogP contribution in [0, 0.1) is 5.82 Å². The molecule has 1 fully saturated rings. The van der Waals surface area contributed by atoms with Gasteiger partial charge in [-0.05, 0) is 18.1 Å². The van der Waals surface area contributed by atoms with Crippen LogP contribution in [0.4, 0.5) is 22.4 Å². The molecule has 3 atom stereocenters. The number of hydrogen-bond donors (Lipinski definition) is 1. The molecule has 184 valence electrons. The van der Waals surface area contributed by atoms with Crippen molar-refractivity contribution in [3.05, 3.63) is 53.8 Å². The third-order valence-electron chi connectivity index (χ3n) is 6.05. The lowest BCUT2D eigenvalue weighted by molar-refractivity contribution is 0.146. The molecule has 1 saturated heterocycles. The normalized spacial score (nSPS) is 23.5. The molecule has 0 aromatic heterocycles. The van der Waals surface area contributed by atoms with Crippen molar-refractivity contribution >= 4 is 16.1 Å². The molecular formula is C22H23F4N3O4S. The largest absolute Gasteiger partial charge is 0.491 e. The van der Waals surface area contributed by atoms with Crippen LogP contribution >= 0.6 is 0 Å². The number of nitrogens with zero attached hydrogens (tertiary/aromatic N) is 2. The molecule has 2 amide bonds. The topological polar surface area (TPSA) is 79.0 Å². The van der Waals surface area contributed by atoms with Gasteiger partial charge in [0.2, 0.25) is 0 Å². The van der Waals surface area contributed by atoms with E-state index in [1.807, 2.05) is 0 Å². The zero-order valence-corrected chi connectivity index (χ0v) is 18.9. The fourth-order valence-corrected chi connectivity index (χ4v) is 5.10. The standard InChI is InChI=1S/C22H23F4N3O4S/c1-28-9-10-33-18-8-3-2-6-14(18)15-7-4-5-13(19(15)24)11-17-20(27-34(31,32)21(25)26)16(23)12-29(17)22(28)30/h2-8,16-17,20-21,27H,9-12H2,1H3/t16-,17-,20-/m0/s1. The van der Waals surface area contributed by atoms with Crippen LogP contribution in [0.1, 0.15) is 5.56 Å². The van der Waals surface area contributed by atoms with E-state index < -0.39 is 52.4 Å². The Bertz CT molecular complexity index is 1180. The van der Waals surface area contributed by atoms with Crippen molar-refractivity contribution in [3.8, 4) is 16.9 Å². The highest BCUT2D eigenvalue weighted by Crippen LogP contribution is 2.35. The molecule has 0 unspecified atom stereocenters. The van der Waals surface area contributed by atoms with Crippen LogP contribution in [0.5, 0.6) is 5.75 Å². The van der Waals surface area contributed by atoms with E-state index in [0.717, 1.165) is 4.90 Å². The monoisotopic (exact) mass is 501 g/mol. The number of rotatable bonds is 3. The van der Waals surface area contributed by atoms with Crippen LogP contribution in [0.2, 0.25) is 0 Å². The molecule has 0 aliphatic carbocycles. The smallest absolute Gasteiger partial charge is 0.350 e. The van der Waals surface area contributed by atoms with Gasteiger partial charge in [0.15, 0.2) is 0 Å². The first-order valence-corrected chi connectivity index (χ1v) is 12.1. The predicted octanol–water partition coefficient (Wildman–Crippen LogP) is 3.01. The van der Waals surface area contributed by atoms with Crippen molar-refractivity contribution in [2.75, 3.05) is 26.7 Å². The van der Waals surface area contributed by atoms with Crippen molar-refractivity contribution in [3.63, 3.8) is 0 Å². The van der Waals surface area contributed by atoms with Crippen molar-refractivity contribution in [1.82, 2.24) is 14.5 Å². The van der Waals surface area contributed by atoms with Crippen molar-refractivity contribution in [2.45, 2.75) is 30.4 Å². The third kappa shape index (κ3) is 4.56. The van der Waals surface area contributed by atoms with Crippen LogP contribution in [0.15, 0.2) is 42.5 Å². The minimum Gasteiger partial charge on any atom is -0.491 e. The highest BCUT2D eigenvalue weighted by molar-refractivity contribution is 7.89. The van der Waals surface area contributed by atoms with Gasteiger partial charge in [0.25, 0.3) is 10.0 Å². The van der Waals surface area contributed by atoms with E-state index in [0.29, 0.717) is 11.3 Å². The fourth-order valence-electron chi connectivity index (χ4n) is 4.32. The number of fused-ring (bicyclic) bond motifs is 5. The minimum absolute atomic E-state index is 0.0551. The molecule has 0 radical (unpaired) electrons. The lowest BCUT2D eigenvalue weighted by Crippen LogP contribution is -2.52. The maximum Gasteiger partial charge on any atom is 0.350 e. The summed E-state index contributed by atoms with van der Waals surface area (Å²) in [5, 5.41) is 0. The number of likely N-dealkylation sites (N-methyl/N-ethyl adjacent to an activating group) is 1. The Morgan fingerprint density at radius 3 is 2.56 bits per heavy atom. The molecule has 2 heterocycles. The van der Waals surface area contributed by atoms with Crippen LogP contribution in [-0.2, 0) is 16.4 Å². The molecular weight excluding hydrogens is 478 g/mol. The molecule has 1 N–H and O–H groups in total. The van der Waals surface area contributed by atoms with E-state index in [1.54, 1.807) is 41.1 Å². The van der Waals surface area contributed by atoms with Crippen LogP contribution in [-0.4, -0.2) is 75.0 Å². The number of sulfonamides is 1. The Morgan fingerprint density at radius 1 is 1.12 bits per heavy atom. The number of carbonyl (C=O) groups is 1. The Labute approximate surface area is 194 Å². The average molecular weight is 502 g/mol. The van der Waals surface area contributed by atoms with Crippen LogP contribution in [0.3, 0.4) is 0 Å². The molecule has 0 saturated carbocycles. The summed E-state index contributed by atoms with van der Waals surface area (Å²) in [6, 6.07) is 7.76. The van der Waals surface area contributed by atoms with Crippen molar-refractivity contribution in [2.24, 2.45) is 0 Å². The zero-order valence-electron chi connectivity index (χ0n) is 18.1. The van der Waals surface area contributed by atoms with Gasteiger partial charge >= 0.3 is 11.8 Å². The summed E-state index contributed by atoms with van der Waals surface area (Å²) < 4.78 is 87.7. The molecule has 34 heavy (non-hydrogen) atoms. The number of para-hydroxylation sites is 1. The first-order valence-electron chi connectivity index (χ1n) is 10.5. The Morgan fingerprint density at radius 2 is 1.82 bits per heavy atom. The summed E-state index contributed by atoms with van der Waals surface area (Å²) in [7, 11) is -3.70. The van der Waals surface area contributed by atoms with Gasteiger partial charge in [-0.25, -0.2) is 26.7 Å². The van der Waals surface area contributed by atoms with Gasteiger partial charge in [0, 0.05) is 18.2 Å². The van der Waals surface area contributed by atoms with E-state index in [-0.39, 0.29) is 30.7 Å². The minimum atomic E-state index is -5.16. The van der Waals surface area contributed by atoms with E-state index in [4.69, 9.17) is 4.74 Å². The summed E-state index contributed by atoms with van der Waals surface area (Å²) >= 11 is 0. The molecule has 2 aliphatic rings. The average Bonchev–Trinajstić information content (AvgIpc) is 3.09. The molecule has 2 aromatic rings. The second-order valence-electron chi connectivity index (χ2n) is 8.22. The zero-order chi connectivity index (χ0) is 24.6. The van der Waals surface area contributed by atoms with Crippen LogP contribution in [0.25, 0.3) is 11.1 Å². The molecule has 2 aliphatic heterocycles. The molecule has 7 nitrogen and oxygen atoms in total. The number of carbonyl (C=O) groups excluding carboxylic acids is 1. The second kappa shape index (κ2) is 9.41. The summed E-state index contributed by atoms with van der Waals surface area (Å²) in [5.74, 6) is -4.03. The highest BCUT2D eigenvalue weighted by atomic mass is 32.2. The molecule has 12 heteroatoms. The number of nitrogens with one attached hydrogen (secondary N) is 1. The van der Waals surface area contributed by atoms with Gasteiger partial charge in [-0.1, -0.05) is 36.4 Å². The van der Waals surface area contributed by atoms with E-state index in [9.17, 15) is 26.4 Å². The van der Waals surface area contributed by atoms with E-state index in [2.05, 4.69) is 0 Å². The molecule has 2 aromatic carbocycles. The van der Waals surface area contributed by atoms with Gasteiger partial charge in [-0.2, -0.15) is 8.78 Å². The highest BCUT2D eigenvalue weighted by Gasteiger charge is 2.48. The third-order valence-corrected chi connectivity index (χ3v) is 7.12. The number of halogens is 4. The van der Waals surface area contributed by atoms with Crippen molar-refractivity contribution < 1.29 is 35.5 Å². The fraction of sp³-hybridized carbons (Fsp3) is 0.409. The van der Waals surface area contributed by atoms with Gasteiger partial charge < -0.3 is 14.5 Å². The SMILES string of the molecule is CN1CCOc2ccccc2-c2cccc(c2F)C[C@H]2[C@@H](NS(=O)(=O)C(F)F)[C@@H](F)CN2C1=O. The van der Waals surface area contributed by atoms with E-state index >= 15 is 4.39 Å². The van der Waals surface area contributed by atoms with Gasteiger partial charge in [0.05, 0.1) is 25.2 Å². The maximum absolute atomic E-state index is 15.6. The summed E-state index contributed by atoms with van der Waals surface area (Å²) in [6.45, 7) is -0.382. The predicted molar refractivity (Wildman–Crippen MR) is 116 cm³/mol.